The Morgan fingerprint density at radius 2 is 1.67 bits per heavy atom. The van der Waals surface area contributed by atoms with E-state index in [1.807, 2.05) is 6.08 Å². The molecule has 0 N–H and O–H groups in total. The van der Waals surface area contributed by atoms with Crippen LogP contribution in [0.1, 0.15) is 26.2 Å². The zero-order valence-electron chi connectivity index (χ0n) is 7.57. The Kier molecular flexibility index (Phi) is 8.98. The van der Waals surface area contributed by atoms with E-state index in [9.17, 15) is 4.79 Å². The zero-order chi connectivity index (χ0) is 9.07. The smallest absolute Gasteiger partial charge is 0.142 e. The summed E-state index contributed by atoms with van der Waals surface area (Å²) >= 11 is 0. The Hall–Kier alpha value is -1.11. The van der Waals surface area contributed by atoms with Crippen LogP contribution in [0.4, 0.5) is 0 Å². The number of hydrogen-bond acceptors (Lipinski definition) is 1. The minimum absolute atomic E-state index is 0.779. The molecule has 0 unspecified atom stereocenters. The van der Waals surface area contributed by atoms with Crippen molar-refractivity contribution in [2.75, 3.05) is 0 Å². The van der Waals surface area contributed by atoms with Gasteiger partial charge in [-0.2, -0.15) is 0 Å². The Morgan fingerprint density at radius 3 is 2.33 bits per heavy atom. The molecule has 0 aromatic carbocycles. The summed E-state index contributed by atoms with van der Waals surface area (Å²) < 4.78 is 0. The summed E-state index contributed by atoms with van der Waals surface area (Å²) in [6.07, 6.45) is 15.5. The summed E-state index contributed by atoms with van der Waals surface area (Å²) in [5.74, 6) is 0. The topological polar surface area (TPSA) is 17.1 Å². The van der Waals surface area contributed by atoms with E-state index in [2.05, 4.69) is 25.2 Å². The van der Waals surface area contributed by atoms with Crippen LogP contribution in [-0.4, -0.2) is 6.29 Å². The molecule has 0 saturated carbocycles. The molecule has 0 aliphatic heterocycles. The van der Waals surface area contributed by atoms with Gasteiger partial charge in [0, 0.05) is 0 Å². The third-order valence-corrected chi connectivity index (χ3v) is 1.34. The molecule has 0 aliphatic carbocycles. The average molecular weight is 164 g/mol. The van der Waals surface area contributed by atoms with E-state index in [1.165, 1.54) is 6.08 Å². The van der Waals surface area contributed by atoms with Crippen molar-refractivity contribution < 1.29 is 4.79 Å². The highest BCUT2D eigenvalue weighted by Gasteiger charge is 1.73. The van der Waals surface area contributed by atoms with E-state index in [0.717, 1.165) is 25.5 Å². The molecule has 0 aromatic rings. The second-order valence-corrected chi connectivity index (χ2v) is 2.41. The van der Waals surface area contributed by atoms with Crippen molar-refractivity contribution in [3.8, 4) is 0 Å². The van der Waals surface area contributed by atoms with Crippen molar-refractivity contribution in [1.82, 2.24) is 0 Å². The van der Waals surface area contributed by atoms with Crippen LogP contribution in [0.2, 0.25) is 0 Å². The average Bonchev–Trinajstić information content (AvgIpc) is 2.10. The third kappa shape index (κ3) is 8.89. The second kappa shape index (κ2) is 9.89. The number of unbranched alkanes of at least 4 members (excludes halogenated alkanes) is 1. The number of rotatable bonds is 6. The minimum Gasteiger partial charge on any atom is -0.299 e. The summed E-state index contributed by atoms with van der Waals surface area (Å²) in [5, 5.41) is 0. The van der Waals surface area contributed by atoms with Crippen LogP contribution in [0, 0.1) is 0 Å². The molecule has 0 aliphatic rings. The SMILES string of the molecule is CC/C=C\CC/C=C/C=C/C=O. The minimum atomic E-state index is 0.779. The van der Waals surface area contributed by atoms with Gasteiger partial charge in [0.25, 0.3) is 0 Å². The normalized spacial score (nSPS) is 12.1. The van der Waals surface area contributed by atoms with E-state index in [0.29, 0.717) is 0 Å². The summed E-state index contributed by atoms with van der Waals surface area (Å²) in [7, 11) is 0. The maximum absolute atomic E-state index is 9.85. The van der Waals surface area contributed by atoms with Crippen LogP contribution in [0.5, 0.6) is 0 Å². The molecular weight excluding hydrogens is 148 g/mol. The summed E-state index contributed by atoms with van der Waals surface area (Å²) in [6.45, 7) is 2.12. The largest absolute Gasteiger partial charge is 0.299 e. The maximum Gasteiger partial charge on any atom is 0.142 e. The lowest BCUT2D eigenvalue weighted by atomic mass is 10.2. The molecular formula is C11H16O. The van der Waals surface area contributed by atoms with Crippen molar-refractivity contribution in [2.24, 2.45) is 0 Å². The van der Waals surface area contributed by atoms with Crippen molar-refractivity contribution in [1.29, 1.82) is 0 Å². The van der Waals surface area contributed by atoms with Gasteiger partial charge < -0.3 is 0 Å². The van der Waals surface area contributed by atoms with Crippen molar-refractivity contribution in [3.05, 3.63) is 36.5 Å². The first-order valence-electron chi connectivity index (χ1n) is 4.33. The first-order chi connectivity index (χ1) is 5.91. The molecule has 0 radical (unpaired) electrons. The van der Waals surface area contributed by atoms with Gasteiger partial charge in [0.1, 0.15) is 6.29 Å². The van der Waals surface area contributed by atoms with Crippen LogP contribution in [-0.2, 0) is 4.79 Å². The molecule has 0 spiro atoms. The summed E-state index contributed by atoms with van der Waals surface area (Å²) in [4.78, 5) is 9.85. The fourth-order valence-electron chi connectivity index (χ4n) is 0.761. The molecule has 1 heteroatoms. The van der Waals surface area contributed by atoms with Crippen molar-refractivity contribution >= 4 is 6.29 Å². The predicted octanol–water partition coefficient (Wildman–Crippen LogP) is 3.04. The van der Waals surface area contributed by atoms with E-state index in [1.54, 1.807) is 6.08 Å². The van der Waals surface area contributed by atoms with Crippen LogP contribution < -0.4 is 0 Å². The molecule has 0 heterocycles. The summed E-state index contributed by atoms with van der Waals surface area (Å²) in [5.41, 5.74) is 0. The first kappa shape index (κ1) is 10.9. The fourth-order valence-corrected chi connectivity index (χ4v) is 0.761. The molecule has 1 nitrogen and oxygen atoms in total. The zero-order valence-corrected chi connectivity index (χ0v) is 7.57. The molecule has 0 aromatic heterocycles. The lowest BCUT2D eigenvalue weighted by molar-refractivity contribution is -0.104. The van der Waals surface area contributed by atoms with Gasteiger partial charge in [-0.25, -0.2) is 0 Å². The van der Waals surface area contributed by atoms with Gasteiger partial charge in [0.05, 0.1) is 0 Å². The molecule has 12 heavy (non-hydrogen) atoms. The number of allylic oxidation sites excluding steroid dienone is 6. The number of carbonyl (C=O) groups excluding carboxylic acids is 1. The molecule has 0 amide bonds. The Bertz CT molecular complexity index is 175. The van der Waals surface area contributed by atoms with Gasteiger partial charge >= 0.3 is 0 Å². The van der Waals surface area contributed by atoms with E-state index >= 15 is 0 Å². The molecule has 66 valence electrons. The van der Waals surface area contributed by atoms with Crippen LogP contribution in [0.25, 0.3) is 0 Å². The quantitative estimate of drug-likeness (QED) is 0.194. The second-order valence-electron chi connectivity index (χ2n) is 2.41. The third-order valence-electron chi connectivity index (χ3n) is 1.34. The Balaban J connectivity index is 3.30. The number of aldehydes is 1. The Labute approximate surface area is 74.5 Å². The van der Waals surface area contributed by atoms with Gasteiger partial charge in [-0.3, -0.25) is 4.79 Å². The Morgan fingerprint density at radius 1 is 0.917 bits per heavy atom. The predicted molar refractivity (Wildman–Crippen MR) is 53.0 cm³/mol. The van der Waals surface area contributed by atoms with Crippen molar-refractivity contribution in [3.63, 3.8) is 0 Å². The first-order valence-corrected chi connectivity index (χ1v) is 4.33. The van der Waals surface area contributed by atoms with Gasteiger partial charge in [-0.1, -0.05) is 37.3 Å². The molecule has 0 saturated heterocycles. The van der Waals surface area contributed by atoms with Gasteiger partial charge in [0.15, 0.2) is 0 Å². The fraction of sp³-hybridized carbons (Fsp3) is 0.364. The van der Waals surface area contributed by atoms with Gasteiger partial charge in [-0.15, -0.1) is 0 Å². The number of carbonyl (C=O) groups is 1. The highest BCUT2D eigenvalue weighted by molar-refractivity contribution is 5.65. The molecule has 0 rings (SSSR count). The maximum atomic E-state index is 9.85. The monoisotopic (exact) mass is 164 g/mol. The summed E-state index contributed by atoms with van der Waals surface area (Å²) in [6, 6.07) is 0. The lowest BCUT2D eigenvalue weighted by Crippen LogP contribution is -1.64. The van der Waals surface area contributed by atoms with Crippen LogP contribution >= 0.6 is 0 Å². The lowest BCUT2D eigenvalue weighted by Gasteiger charge is -1.84. The van der Waals surface area contributed by atoms with E-state index < -0.39 is 0 Å². The molecule has 0 atom stereocenters. The van der Waals surface area contributed by atoms with Crippen LogP contribution in [0.15, 0.2) is 36.5 Å². The highest BCUT2D eigenvalue weighted by atomic mass is 16.1. The highest BCUT2D eigenvalue weighted by Crippen LogP contribution is 1.93. The standard InChI is InChI=1S/C11H16O/c1-2-3-4-5-6-7-8-9-10-11-12/h3-4,7-11H,2,5-6H2,1H3/b4-3-,8-7+,10-9+. The molecule has 0 fully saturated rings. The van der Waals surface area contributed by atoms with E-state index in [-0.39, 0.29) is 0 Å². The van der Waals surface area contributed by atoms with Crippen molar-refractivity contribution in [2.45, 2.75) is 26.2 Å². The number of hydrogen-bond donors (Lipinski definition) is 0. The van der Waals surface area contributed by atoms with Gasteiger partial charge in [0.2, 0.25) is 0 Å². The van der Waals surface area contributed by atoms with Gasteiger partial charge in [-0.05, 0) is 25.3 Å². The molecule has 0 bridgehead atoms. The van der Waals surface area contributed by atoms with E-state index in [4.69, 9.17) is 0 Å². The van der Waals surface area contributed by atoms with Crippen LogP contribution in [0.3, 0.4) is 0 Å².